The van der Waals surface area contributed by atoms with Crippen molar-refractivity contribution >= 4 is 23.1 Å². The fourth-order valence-corrected chi connectivity index (χ4v) is 3.93. The number of nitrogens with zero attached hydrogens (tertiary/aromatic N) is 5. The molecule has 35 heavy (non-hydrogen) atoms. The van der Waals surface area contributed by atoms with Gasteiger partial charge in [0.2, 0.25) is 5.95 Å². The van der Waals surface area contributed by atoms with Gasteiger partial charge in [0.05, 0.1) is 18.8 Å². The number of ether oxygens (including phenoxy) is 2. The number of nitrogens with one attached hydrogen (secondary N) is 1. The highest BCUT2D eigenvalue weighted by molar-refractivity contribution is 5.79. The number of benzene rings is 1. The summed E-state index contributed by atoms with van der Waals surface area (Å²) in [5, 5.41) is 2.89. The molecule has 1 atom stereocenters. The van der Waals surface area contributed by atoms with E-state index in [2.05, 4.69) is 10.3 Å². The van der Waals surface area contributed by atoms with Crippen LogP contribution in [0.2, 0.25) is 0 Å². The number of carbonyl (C=O) groups is 1. The first kappa shape index (κ1) is 24.3. The van der Waals surface area contributed by atoms with Crippen molar-refractivity contribution in [3.8, 4) is 11.4 Å². The molecule has 0 aliphatic carbocycles. The number of carbonyl (C=O) groups excluding carboxylic acids is 1. The predicted molar refractivity (Wildman–Crippen MR) is 119 cm³/mol. The monoisotopic (exact) mass is 496 g/mol. The Labute approximate surface area is 196 Å². The Balaban J connectivity index is 2.01. The second kappa shape index (κ2) is 9.09. The molecule has 11 nitrogen and oxygen atoms in total. The Morgan fingerprint density at radius 1 is 1.20 bits per heavy atom. The number of alkyl halides is 3. The van der Waals surface area contributed by atoms with Crippen LogP contribution < -0.4 is 26.2 Å². The molecular formula is C21H23F3N6O5. The summed E-state index contributed by atoms with van der Waals surface area (Å²) in [6.07, 6.45) is -6.57. The number of hydrogen-bond acceptors (Lipinski definition) is 8. The fraction of sp³-hybridized carbons (Fsp3) is 0.429. The Kier molecular flexibility index (Phi) is 6.32. The summed E-state index contributed by atoms with van der Waals surface area (Å²) in [4.78, 5) is 43.3. The molecule has 188 valence electrons. The first-order valence-electron chi connectivity index (χ1n) is 10.7. The van der Waals surface area contributed by atoms with Gasteiger partial charge in [-0.3, -0.25) is 18.5 Å². The van der Waals surface area contributed by atoms with Gasteiger partial charge in [-0.1, -0.05) is 12.1 Å². The molecule has 1 saturated heterocycles. The zero-order valence-corrected chi connectivity index (χ0v) is 19.1. The van der Waals surface area contributed by atoms with Gasteiger partial charge in [-0.2, -0.15) is 18.2 Å². The highest BCUT2D eigenvalue weighted by Gasteiger charge is 2.44. The number of rotatable bonds is 5. The third-order valence-corrected chi connectivity index (χ3v) is 5.57. The summed E-state index contributed by atoms with van der Waals surface area (Å²) in [6.45, 7) is 2.40. The summed E-state index contributed by atoms with van der Waals surface area (Å²) in [5.74, 6) is -1.95. The standard InChI is InChI=1S/C21H23F3N6O5/c1-4-34-13-8-6-5-7-12(13)30-15-16(27(2)20(33)28(3)17(15)31)26-19(30)29-10-9-25-11-14(29)35-18(32)21(22,23)24/h5-8,14,25H,4,9-11H2,1-3H3. The molecule has 3 aromatic rings. The average molecular weight is 496 g/mol. The SMILES string of the molecule is CCOc1ccccc1-n1c(N2CCNCC2OC(=O)C(F)(F)F)nc2c1c(=O)n(C)c(=O)n2C. The number of piperazine rings is 1. The van der Waals surface area contributed by atoms with Gasteiger partial charge in [-0.15, -0.1) is 0 Å². The molecule has 1 aliphatic heterocycles. The number of hydrogen-bond donors (Lipinski definition) is 1. The molecule has 14 heteroatoms. The molecule has 1 aromatic carbocycles. The topological polar surface area (TPSA) is 113 Å². The van der Waals surface area contributed by atoms with E-state index in [1.165, 1.54) is 28.1 Å². The van der Waals surface area contributed by atoms with Crippen molar-refractivity contribution in [3.63, 3.8) is 0 Å². The van der Waals surface area contributed by atoms with Crippen molar-refractivity contribution in [1.29, 1.82) is 0 Å². The van der Waals surface area contributed by atoms with E-state index in [1.807, 2.05) is 0 Å². The first-order chi connectivity index (χ1) is 16.6. The minimum Gasteiger partial charge on any atom is -0.492 e. The van der Waals surface area contributed by atoms with Gasteiger partial charge in [0, 0.05) is 27.2 Å². The Morgan fingerprint density at radius 2 is 1.91 bits per heavy atom. The smallest absolute Gasteiger partial charge is 0.491 e. The number of para-hydroxylation sites is 2. The molecule has 0 amide bonds. The molecule has 2 aromatic heterocycles. The van der Waals surface area contributed by atoms with Crippen molar-refractivity contribution < 1.29 is 27.4 Å². The molecule has 0 radical (unpaired) electrons. The van der Waals surface area contributed by atoms with Gasteiger partial charge >= 0.3 is 17.8 Å². The lowest BCUT2D eigenvalue weighted by Gasteiger charge is -2.36. The van der Waals surface area contributed by atoms with Gasteiger partial charge < -0.3 is 19.7 Å². The van der Waals surface area contributed by atoms with E-state index in [0.717, 1.165) is 4.57 Å². The number of esters is 1. The van der Waals surface area contributed by atoms with Gasteiger partial charge in [-0.05, 0) is 19.1 Å². The molecular weight excluding hydrogens is 473 g/mol. The average Bonchev–Trinajstić information content (AvgIpc) is 3.22. The van der Waals surface area contributed by atoms with E-state index in [1.54, 1.807) is 31.2 Å². The largest absolute Gasteiger partial charge is 0.492 e. The van der Waals surface area contributed by atoms with Crippen LogP contribution in [-0.4, -0.2) is 63.3 Å². The zero-order chi connectivity index (χ0) is 25.5. The highest BCUT2D eigenvalue weighted by Crippen LogP contribution is 2.32. The minimum absolute atomic E-state index is 0.0104. The highest BCUT2D eigenvalue weighted by atomic mass is 19.4. The second-order valence-electron chi connectivity index (χ2n) is 7.78. The van der Waals surface area contributed by atoms with Crippen LogP contribution >= 0.6 is 0 Å². The normalized spacial score (nSPS) is 16.5. The van der Waals surface area contributed by atoms with E-state index in [9.17, 15) is 27.6 Å². The van der Waals surface area contributed by atoms with Gasteiger partial charge in [0.1, 0.15) is 5.75 Å². The quantitative estimate of drug-likeness (QED) is 0.513. The lowest BCUT2D eigenvalue weighted by Crippen LogP contribution is -2.55. The van der Waals surface area contributed by atoms with Crippen LogP contribution in [0.1, 0.15) is 6.92 Å². The summed E-state index contributed by atoms with van der Waals surface area (Å²) in [6, 6.07) is 6.73. The molecule has 4 rings (SSSR count). The van der Waals surface area contributed by atoms with E-state index < -0.39 is 29.6 Å². The third kappa shape index (κ3) is 4.24. The molecule has 1 fully saturated rings. The van der Waals surface area contributed by atoms with E-state index >= 15 is 0 Å². The number of fused-ring (bicyclic) bond motifs is 1. The Morgan fingerprint density at radius 3 is 2.60 bits per heavy atom. The van der Waals surface area contributed by atoms with Crippen molar-refractivity contribution in [2.24, 2.45) is 14.1 Å². The van der Waals surface area contributed by atoms with Gasteiger partial charge in [-0.25, -0.2) is 9.59 Å². The van der Waals surface area contributed by atoms with Crippen LogP contribution in [0.15, 0.2) is 33.9 Å². The summed E-state index contributed by atoms with van der Waals surface area (Å²) >= 11 is 0. The van der Waals surface area contributed by atoms with Crippen molar-refractivity contribution in [2.45, 2.75) is 19.3 Å². The maximum absolute atomic E-state index is 13.2. The summed E-state index contributed by atoms with van der Waals surface area (Å²) < 4.78 is 52.8. The second-order valence-corrected chi connectivity index (χ2v) is 7.78. The van der Waals surface area contributed by atoms with Crippen LogP contribution in [0.4, 0.5) is 19.1 Å². The molecule has 3 heterocycles. The molecule has 0 saturated carbocycles. The van der Waals surface area contributed by atoms with E-state index in [0.29, 0.717) is 24.6 Å². The lowest BCUT2D eigenvalue weighted by molar-refractivity contribution is -0.205. The minimum atomic E-state index is -5.19. The van der Waals surface area contributed by atoms with Gasteiger partial charge in [0.15, 0.2) is 17.4 Å². The molecule has 0 bridgehead atoms. The van der Waals surface area contributed by atoms with Crippen LogP contribution in [0.3, 0.4) is 0 Å². The predicted octanol–water partition coefficient (Wildman–Crippen LogP) is 0.663. The molecule has 1 unspecified atom stereocenters. The van der Waals surface area contributed by atoms with Gasteiger partial charge in [0.25, 0.3) is 5.56 Å². The third-order valence-electron chi connectivity index (χ3n) is 5.57. The summed E-state index contributed by atoms with van der Waals surface area (Å²) in [7, 11) is 2.74. The van der Waals surface area contributed by atoms with E-state index in [-0.39, 0.29) is 30.2 Å². The Hall–Kier alpha value is -3.81. The van der Waals surface area contributed by atoms with Crippen LogP contribution in [0, 0.1) is 0 Å². The van der Waals surface area contributed by atoms with Crippen molar-refractivity contribution in [3.05, 3.63) is 45.1 Å². The fourth-order valence-electron chi connectivity index (χ4n) is 3.93. The van der Waals surface area contributed by atoms with Crippen LogP contribution in [-0.2, 0) is 23.6 Å². The molecule has 0 spiro atoms. The van der Waals surface area contributed by atoms with Crippen LogP contribution in [0.25, 0.3) is 16.9 Å². The summed E-state index contributed by atoms with van der Waals surface area (Å²) in [5.41, 5.74) is -0.888. The number of aryl methyl sites for hydroxylation is 1. The zero-order valence-electron chi connectivity index (χ0n) is 19.1. The van der Waals surface area contributed by atoms with E-state index in [4.69, 9.17) is 9.47 Å². The number of imidazole rings is 1. The van der Waals surface area contributed by atoms with Crippen LogP contribution in [0.5, 0.6) is 5.75 Å². The number of halogens is 3. The number of aromatic nitrogens is 4. The molecule has 1 N–H and O–H groups in total. The maximum atomic E-state index is 13.2. The maximum Gasteiger partial charge on any atom is 0.491 e. The molecule has 1 aliphatic rings. The number of anilines is 1. The Bertz CT molecular complexity index is 1390. The first-order valence-corrected chi connectivity index (χ1v) is 10.7. The van der Waals surface area contributed by atoms with Crippen molar-refractivity contribution in [2.75, 3.05) is 31.1 Å². The van der Waals surface area contributed by atoms with Crippen molar-refractivity contribution in [1.82, 2.24) is 24.0 Å². The lowest BCUT2D eigenvalue weighted by atomic mass is 10.2.